The average molecular weight is 331 g/mol. The molecule has 2 heterocycles. The van der Waals surface area contributed by atoms with E-state index in [1.807, 2.05) is 0 Å². The maximum atomic E-state index is 12.0. The number of Topliss-reactive ketones (excluding diaryl/α,β-unsaturated/α-hetero) is 1. The molecule has 2 aromatic rings. The maximum absolute atomic E-state index is 12.0. The molecule has 0 atom stereocenters. The Balaban J connectivity index is 1.84. The Morgan fingerprint density at radius 1 is 1.25 bits per heavy atom. The molecule has 0 spiro atoms. The van der Waals surface area contributed by atoms with E-state index in [1.54, 1.807) is 12.1 Å². The van der Waals surface area contributed by atoms with Crippen LogP contribution in [0.4, 0.5) is 0 Å². The molecule has 24 heavy (non-hydrogen) atoms. The number of nitrogens with zero attached hydrogens (tertiary/aromatic N) is 1. The Morgan fingerprint density at radius 3 is 2.71 bits per heavy atom. The monoisotopic (exact) mass is 331 g/mol. The average Bonchev–Trinajstić information content (AvgIpc) is 2.83. The van der Waals surface area contributed by atoms with Crippen LogP contribution in [0.3, 0.4) is 0 Å². The number of carbonyl (C=O) groups excluding carboxylic acids is 3. The summed E-state index contributed by atoms with van der Waals surface area (Å²) in [5, 5.41) is 1.29. The van der Waals surface area contributed by atoms with Gasteiger partial charge in [0.2, 0.25) is 0 Å². The number of ketones is 1. The topological polar surface area (TPSA) is 103 Å². The molecule has 0 bridgehead atoms. The zero-order valence-electron chi connectivity index (χ0n) is 12.7. The normalized spacial score (nSPS) is 14.3. The van der Waals surface area contributed by atoms with Crippen molar-refractivity contribution in [1.29, 1.82) is 0 Å². The minimum absolute atomic E-state index is 0.244. The second-order valence-electron chi connectivity index (χ2n) is 5.24. The Labute approximate surface area is 135 Å². The second kappa shape index (κ2) is 6.15. The first-order valence-corrected chi connectivity index (χ1v) is 7.10. The van der Waals surface area contributed by atoms with Gasteiger partial charge < -0.3 is 14.0 Å². The van der Waals surface area contributed by atoms with Crippen molar-refractivity contribution in [2.45, 2.75) is 12.8 Å². The van der Waals surface area contributed by atoms with E-state index in [2.05, 4.69) is 0 Å². The van der Waals surface area contributed by atoms with E-state index in [0.29, 0.717) is 16.7 Å². The SMILES string of the molecule is COc1ccc2c(CC(=O)ON3CC(=O)CC3=O)cc(=O)oc2c1. The van der Waals surface area contributed by atoms with Crippen LogP contribution in [0.1, 0.15) is 12.0 Å². The maximum Gasteiger partial charge on any atom is 0.336 e. The van der Waals surface area contributed by atoms with Gasteiger partial charge in [-0.2, -0.15) is 5.06 Å². The van der Waals surface area contributed by atoms with Crippen LogP contribution in [0.5, 0.6) is 5.75 Å². The lowest BCUT2D eigenvalue weighted by molar-refractivity contribution is -0.192. The van der Waals surface area contributed by atoms with Gasteiger partial charge in [-0.25, -0.2) is 9.59 Å². The van der Waals surface area contributed by atoms with Gasteiger partial charge in [0.05, 0.1) is 20.0 Å². The summed E-state index contributed by atoms with van der Waals surface area (Å²) in [4.78, 5) is 51.2. The summed E-state index contributed by atoms with van der Waals surface area (Å²) >= 11 is 0. The van der Waals surface area contributed by atoms with Crippen LogP contribution < -0.4 is 10.4 Å². The number of rotatable bonds is 4. The Bertz CT molecular complexity index is 899. The molecule has 1 aliphatic rings. The van der Waals surface area contributed by atoms with Gasteiger partial charge in [-0.15, -0.1) is 0 Å². The summed E-state index contributed by atoms with van der Waals surface area (Å²) in [5.74, 6) is -1.12. The van der Waals surface area contributed by atoms with Crippen LogP contribution in [0, 0.1) is 0 Å². The van der Waals surface area contributed by atoms with Gasteiger partial charge in [0, 0.05) is 17.5 Å². The van der Waals surface area contributed by atoms with Gasteiger partial charge in [0.1, 0.15) is 17.9 Å². The molecule has 0 unspecified atom stereocenters. The van der Waals surface area contributed by atoms with Crippen LogP contribution in [-0.4, -0.2) is 36.4 Å². The second-order valence-corrected chi connectivity index (χ2v) is 5.24. The van der Waals surface area contributed by atoms with Crippen LogP contribution in [0.25, 0.3) is 11.0 Å². The summed E-state index contributed by atoms with van der Waals surface area (Å²) in [6, 6.07) is 6.05. The molecule has 1 aromatic heterocycles. The van der Waals surface area contributed by atoms with E-state index in [0.717, 1.165) is 5.06 Å². The third-order valence-corrected chi connectivity index (χ3v) is 3.53. The summed E-state index contributed by atoms with van der Waals surface area (Å²) < 4.78 is 10.2. The molecule has 3 rings (SSSR count). The van der Waals surface area contributed by atoms with Crippen molar-refractivity contribution in [3.8, 4) is 5.75 Å². The van der Waals surface area contributed by atoms with Crippen LogP contribution >= 0.6 is 0 Å². The quantitative estimate of drug-likeness (QED) is 0.597. The highest BCUT2D eigenvalue weighted by molar-refractivity contribution is 6.05. The number of methoxy groups -OCH3 is 1. The lowest BCUT2D eigenvalue weighted by Crippen LogP contribution is -2.29. The number of fused-ring (bicyclic) bond motifs is 1. The largest absolute Gasteiger partial charge is 0.497 e. The van der Waals surface area contributed by atoms with E-state index in [1.165, 1.54) is 19.2 Å². The van der Waals surface area contributed by atoms with Crippen LogP contribution in [0.2, 0.25) is 0 Å². The van der Waals surface area contributed by atoms with Gasteiger partial charge in [-0.1, -0.05) is 0 Å². The molecule has 0 saturated carbocycles. The first-order chi connectivity index (χ1) is 11.5. The molecule has 1 aliphatic heterocycles. The molecule has 124 valence electrons. The number of amides is 1. The smallest absolute Gasteiger partial charge is 0.336 e. The minimum atomic E-state index is -0.749. The number of hydroxylamine groups is 2. The van der Waals surface area contributed by atoms with Crippen LogP contribution in [0.15, 0.2) is 33.5 Å². The van der Waals surface area contributed by atoms with Crippen molar-refractivity contribution in [2.24, 2.45) is 0 Å². The standard InChI is InChI=1S/C16H13NO7/c1-22-11-2-3-12-9(4-15(20)23-13(12)7-11)5-16(21)24-17-8-10(18)6-14(17)19/h2-4,7H,5-6,8H2,1H3. The molecular formula is C16H13NO7. The molecule has 0 N–H and O–H groups in total. The fraction of sp³-hybridized carbons (Fsp3) is 0.250. The molecule has 1 amide bonds. The van der Waals surface area contributed by atoms with E-state index in [4.69, 9.17) is 14.0 Å². The van der Waals surface area contributed by atoms with Crippen LogP contribution in [-0.2, 0) is 25.6 Å². The lowest BCUT2D eigenvalue weighted by Gasteiger charge is -2.14. The number of ether oxygens (including phenoxy) is 1. The van der Waals surface area contributed by atoms with E-state index in [-0.39, 0.29) is 30.8 Å². The van der Waals surface area contributed by atoms with Crippen molar-refractivity contribution in [3.63, 3.8) is 0 Å². The van der Waals surface area contributed by atoms with Crippen molar-refractivity contribution < 1.29 is 28.4 Å². The van der Waals surface area contributed by atoms with Crippen molar-refractivity contribution in [3.05, 3.63) is 40.2 Å². The predicted octanol–water partition coefficient (Wildman–Crippen LogP) is 0.604. The number of hydrogen-bond donors (Lipinski definition) is 0. The highest BCUT2D eigenvalue weighted by Crippen LogP contribution is 2.23. The fourth-order valence-corrected chi connectivity index (χ4v) is 2.44. The Hall–Kier alpha value is -3.16. The zero-order valence-corrected chi connectivity index (χ0v) is 12.7. The third kappa shape index (κ3) is 3.12. The van der Waals surface area contributed by atoms with Gasteiger partial charge in [0.25, 0.3) is 5.91 Å². The van der Waals surface area contributed by atoms with Crippen molar-refractivity contribution in [1.82, 2.24) is 5.06 Å². The van der Waals surface area contributed by atoms with Gasteiger partial charge >= 0.3 is 11.6 Å². The summed E-state index contributed by atoms with van der Waals surface area (Å²) in [5.41, 5.74) is 0.0509. The highest BCUT2D eigenvalue weighted by Gasteiger charge is 2.30. The molecule has 1 fully saturated rings. The third-order valence-electron chi connectivity index (χ3n) is 3.53. The summed E-state index contributed by atoms with van der Waals surface area (Å²) in [6.07, 6.45) is -0.517. The zero-order chi connectivity index (χ0) is 17.3. The molecule has 0 radical (unpaired) electrons. The van der Waals surface area contributed by atoms with E-state index >= 15 is 0 Å². The number of carbonyl (C=O) groups is 3. The summed E-state index contributed by atoms with van der Waals surface area (Å²) in [7, 11) is 1.48. The molecule has 1 aromatic carbocycles. The predicted molar refractivity (Wildman–Crippen MR) is 80.2 cm³/mol. The number of hydrogen-bond acceptors (Lipinski definition) is 7. The Morgan fingerprint density at radius 2 is 2.04 bits per heavy atom. The fourth-order valence-electron chi connectivity index (χ4n) is 2.44. The lowest BCUT2D eigenvalue weighted by atomic mass is 10.1. The van der Waals surface area contributed by atoms with Crippen molar-refractivity contribution >= 4 is 28.6 Å². The summed E-state index contributed by atoms with van der Waals surface area (Å²) in [6.45, 7) is -0.251. The first kappa shape index (κ1) is 15.7. The minimum Gasteiger partial charge on any atom is -0.497 e. The van der Waals surface area contributed by atoms with Gasteiger partial charge in [-0.3, -0.25) is 9.59 Å². The molecule has 8 heteroatoms. The molecular weight excluding hydrogens is 318 g/mol. The van der Waals surface area contributed by atoms with Gasteiger partial charge in [0.15, 0.2) is 5.78 Å². The van der Waals surface area contributed by atoms with E-state index in [9.17, 15) is 19.2 Å². The Kier molecular flexibility index (Phi) is 4.03. The molecule has 1 saturated heterocycles. The highest BCUT2D eigenvalue weighted by atomic mass is 16.7. The van der Waals surface area contributed by atoms with Gasteiger partial charge in [-0.05, 0) is 17.7 Å². The molecule has 0 aliphatic carbocycles. The molecule has 8 nitrogen and oxygen atoms in total. The van der Waals surface area contributed by atoms with Crippen molar-refractivity contribution in [2.75, 3.05) is 13.7 Å². The first-order valence-electron chi connectivity index (χ1n) is 7.10. The number of benzene rings is 1. The van der Waals surface area contributed by atoms with E-state index < -0.39 is 17.5 Å².